The monoisotopic (exact) mass is 412 g/mol. The van der Waals surface area contributed by atoms with Gasteiger partial charge in [-0.25, -0.2) is 14.2 Å². The fraction of sp³-hybridized carbons (Fsp3) is 0.409. The van der Waals surface area contributed by atoms with Crippen molar-refractivity contribution in [3.05, 3.63) is 54.0 Å². The van der Waals surface area contributed by atoms with Crippen LogP contribution in [0.3, 0.4) is 0 Å². The molecule has 0 aliphatic carbocycles. The average Bonchev–Trinajstić information content (AvgIpc) is 3.18. The second-order valence-corrected chi connectivity index (χ2v) is 7.57. The number of imidazole rings is 1. The van der Waals surface area contributed by atoms with E-state index in [9.17, 15) is 14.3 Å². The van der Waals surface area contributed by atoms with Crippen molar-refractivity contribution in [3.8, 4) is 0 Å². The van der Waals surface area contributed by atoms with Gasteiger partial charge in [0.05, 0.1) is 17.8 Å². The van der Waals surface area contributed by atoms with Gasteiger partial charge in [0.15, 0.2) is 0 Å². The lowest BCUT2D eigenvalue weighted by Crippen LogP contribution is -2.37. The summed E-state index contributed by atoms with van der Waals surface area (Å²) >= 11 is 0. The number of aromatic nitrogens is 3. The highest BCUT2D eigenvalue weighted by Gasteiger charge is 2.31. The first-order valence-corrected chi connectivity index (χ1v) is 10.1. The van der Waals surface area contributed by atoms with Crippen molar-refractivity contribution >= 4 is 22.6 Å². The third-order valence-electron chi connectivity index (χ3n) is 5.72. The summed E-state index contributed by atoms with van der Waals surface area (Å²) in [5, 5.41) is 11.3. The van der Waals surface area contributed by atoms with E-state index in [-0.39, 0.29) is 18.3 Å². The number of piperidine rings is 1. The Balaban J connectivity index is 1.64. The number of aliphatic hydroxyl groups excluding tert-OH is 1. The van der Waals surface area contributed by atoms with Crippen molar-refractivity contribution < 1.29 is 19.0 Å². The molecular formula is C22H25FN4O3. The Kier molecular flexibility index (Phi) is 5.67. The molecule has 7 nitrogen and oxygen atoms in total. The number of hydrogen-bond donors (Lipinski definition) is 1. The summed E-state index contributed by atoms with van der Waals surface area (Å²) < 4.78 is 21.1. The molecule has 1 aromatic carbocycles. The Morgan fingerprint density at radius 3 is 2.77 bits per heavy atom. The molecule has 1 aliphatic rings. The lowest BCUT2D eigenvalue weighted by Gasteiger charge is -2.36. The number of anilines is 1. The predicted octanol–water partition coefficient (Wildman–Crippen LogP) is 3.23. The summed E-state index contributed by atoms with van der Waals surface area (Å²) in [7, 11) is 1.87. The van der Waals surface area contributed by atoms with Crippen molar-refractivity contribution in [1.82, 2.24) is 14.5 Å². The Hall–Kier alpha value is -3.00. The Morgan fingerprint density at radius 1 is 1.33 bits per heavy atom. The number of pyridine rings is 1. The van der Waals surface area contributed by atoms with Crippen LogP contribution in [0.15, 0.2) is 36.8 Å². The smallest absolute Gasteiger partial charge is 0.341 e. The maximum Gasteiger partial charge on any atom is 0.341 e. The van der Waals surface area contributed by atoms with Crippen LogP contribution in [0.25, 0.3) is 10.9 Å². The molecule has 4 rings (SSSR count). The number of carbonyl (C=O) groups is 1. The van der Waals surface area contributed by atoms with E-state index in [0.29, 0.717) is 41.1 Å². The van der Waals surface area contributed by atoms with Gasteiger partial charge in [0.1, 0.15) is 23.3 Å². The lowest BCUT2D eigenvalue weighted by atomic mass is 9.90. The van der Waals surface area contributed by atoms with Gasteiger partial charge in [-0.2, -0.15) is 0 Å². The highest BCUT2D eigenvalue weighted by atomic mass is 19.1. The molecule has 1 N–H and O–H groups in total. The molecule has 30 heavy (non-hydrogen) atoms. The van der Waals surface area contributed by atoms with E-state index in [0.717, 1.165) is 12.8 Å². The van der Waals surface area contributed by atoms with E-state index in [1.807, 2.05) is 17.8 Å². The third kappa shape index (κ3) is 3.75. The number of carbonyl (C=O) groups excluding carboxylic acids is 1. The third-order valence-corrected chi connectivity index (χ3v) is 5.72. The minimum atomic E-state index is -0.650. The summed E-state index contributed by atoms with van der Waals surface area (Å²) in [5.41, 5.74) is 1.59. The zero-order chi connectivity index (χ0) is 21.3. The summed E-state index contributed by atoms with van der Waals surface area (Å²) in [4.78, 5) is 23.2. The van der Waals surface area contributed by atoms with Crippen LogP contribution in [-0.4, -0.2) is 45.3 Å². The summed E-state index contributed by atoms with van der Waals surface area (Å²) in [6, 6.07) is 4.38. The molecule has 0 spiro atoms. The number of ether oxygens (including phenoxy) is 1. The van der Waals surface area contributed by atoms with Gasteiger partial charge >= 0.3 is 5.97 Å². The van der Waals surface area contributed by atoms with Crippen LogP contribution in [-0.2, 0) is 11.8 Å². The molecule has 2 aromatic heterocycles. The molecule has 3 aromatic rings. The van der Waals surface area contributed by atoms with Gasteiger partial charge in [0.2, 0.25) is 0 Å². The first-order valence-electron chi connectivity index (χ1n) is 10.1. The van der Waals surface area contributed by atoms with Crippen LogP contribution in [0.2, 0.25) is 0 Å². The van der Waals surface area contributed by atoms with Crippen molar-refractivity contribution in [2.24, 2.45) is 13.0 Å². The molecule has 1 saturated heterocycles. The number of fused-ring (bicyclic) bond motifs is 1. The van der Waals surface area contributed by atoms with Crippen LogP contribution >= 0.6 is 0 Å². The van der Waals surface area contributed by atoms with Gasteiger partial charge in [-0.3, -0.25) is 4.98 Å². The van der Waals surface area contributed by atoms with E-state index < -0.39 is 12.1 Å². The number of aliphatic hydroxyl groups is 1. The molecule has 1 aliphatic heterocycles. The highest BCUT2D eigenvalue weighted by Crippen LogP contribution is 2.36. The zero-order valence-electron chi connectivity index (χ0n) is 17.1. The summed E-state index contributed by atoms with van der Waals surface area (Å²) in [5.74, 6) is -0.150. The molecule has 0 radical (unpaired) electrons. The van der Waals surface area contributed by atoms with Crippen LogP contribution in [0.5, 0.6) is 0 Å². The SMILES string of the molecule is CCOC(=O)c1cnc2ccc(F)cc2c1N1CCC(C(O)c2nccn2C)CC1. The molecular weight excluding hydrogens is 387 g/mol. The topological polar surface area (TPSA) is 80.5 Å². The Bertz CT molecular complexity index is 1060. The van der Waals surface area contributed by atoms with Gasteiger partial charge < -0.3 is 19.3 Å². The van der Waals surface area contributed by atoms with E-state index in [4.69, 9.17) is 4.74 Å². The molecule has 158 valence electrons. The number of benzene rings is 1. The number of hydrogen-bond acceptors (Lipinski definition) is 6. The van der Waals surface area contributed by atoms with Crippen molar-refractivity contribution in [3.63, 3.8) is 0 Å². The van der Waals surface area contributed by atoms with Crippen LogP contribution in [0.4, 0.5) is 10.1 Å². The maximum absolute atomic E-state index is 14.0. The van der Waals surface area contributed by atoms with Crippen LogP contribution in [0, 0.1) is 11.7 Å². The first kappa shape index (κ1) is 20.3. The molecule has 0 bridgehead atoms. The van der Waals surface area contributed by atoms with Crippen LogP contribution < -0.4 is 4.90 Å². The van der Waals surface area contributed by atoms with Gasteiger partial charge in [0, 0.05) is 44.1 Å². The number of aryl methyl sites for hydroxylation is 1. The maximum atomic E-state index is 14.0. The summed E-state index contributed by atoms with van der Waals surface area (Å²) in [6.07, 6.45) is 5.78. The van der Waals surface area contributed by atoms with Gasteiger partial charge in [-0.05, 0) is 43.9 Å². The molecule has 1 fully saturated rings. The largest absolute Gasteiger partial charge is 0.462 e. The van der Waals surface area contributed by atoms with Crippen LogP contribution in [0.1, 0.15) is 42.1 Å². The normalized spacial score (nSPS) is 16.1. The Morgan fingerprint density at radius 2 is 2.10 bits per heavy atom. The average molecular weight is 412 g/mol. The number of rotatable bonds is 5. The minimum absolute atomic E-state index is 0.0539. The Labute approximate surface area is 174 Å². The van der Waals surface area contributed by atoms with E-state index >= 15 is 0 Å². The number of esters is 1. The molecule has 0 saturated carbocycles. The lowest BCUT2D eigenvalue weighted by molar-refractivity contribution is 0.0526. The van der Waals surface area contributed by atoms with E-state index in [2.05, 4.69) is 14.9 Å². The van der Waals surface area contributed by atoms with Gasteiger partial charge in [-0.15, -0.1) is 0 Å². The fourth-order valence-corrected chi connectivity index (χ4v) is 4.16. The van der Waals surface area contributed by atoms with Gasteiger partial charge in [-0.1, -0.05) is 0 Å². The molecule has 1 atom stereocenters. The summed E-state index contributed by atoms with van der Waals surface area (Å²) in [6.45, 7) is 3.23. The number of nitrogens with zero attached hydrogens (tertiary/aromatic N) is 4. The minimum Gasteiger partial charge on any atom is -0.462 e. The van der Waals surface area contributed by atoms with Gasteiger partial charge in [0.25, 0.3) is 0 Å². The highest BCUT2D eigenvalue weighted by molar-refractivity contribution is 6.05. The quantitative estimate of drug-likeness (QED) is 0.648. The second kappa shape index (κ2) is 8.39. The van der Waals surface area contributed by atoms with E-state index in [1.54, 1.807) is 19.2 Å². The number of halogens is 1. The molecule has 8 heteroatoms. The molecule has 1 unspecified atom stereocenters. The standard InChI is InChI=1S/C22H25FN4O3/c1-3-30-22(29)17-13-25-18-5-4-15(23)12-16(18)19(17)27-9-6-14(7-10-27)20(28)21-24-8-11-26(21)2/h4-5,8,11-14,20,28H,3,6-7,9-10H2,1-2H3. The van der Waals surface area contributed by atoms with Crippen molar-refractivity contribution in [2.45, 2.75) is 25.9 Å². The second-order valence-electron chi connectivity index (χ2n) is 7.57. The predicted molar refractivity (Wildman–Crippen MR) is 111 cm³/mol. The molecule has 0 amide bonds. The first-order chi connectivity index (χ1) is 14.5. The van der Waals surface area contributed by atoms with Crippen molar-refractivity contribution in [1.29, 1.82) is 0 Å². The van der Waals surface area contributed by atoms with Crippen molar-refractivity contribution in [2.75, 3.05) is 24.6 Å². The zero-order valence-corrected chi connectivity index (χ0v) is 17.1. The molecule has 3 heterocycles. The fourth-order valence-electron chi connectivity index (χ4n) is 4.16. The van der Waals surface area contributed by atoms with E-state index in [1.165, 1.54) is 18.3 Å².